The average Bonchev–Trinajstić information content (AvgIpc) is 2.47. The number of rotatable bonds is 11. The molecule has 0 aliphatic carbocycles. The molecule has 0 heterocycles. The third-order valence-electron chi connectivity index (χ3n) is 3.28. The topological polar surface area (TPSA) is 86.9 Å². The van der Waals surface area contributed by atoms with Gasteiger partial charge in [0.05, 0.1) is 0 Å². The lowest BCUT2D eigenvalue weighted by Gasteiger charge is -2.08. The van der Waals surface area contributed by atoms with Crippen molar-refractivity contribution in [3.63, 3.8) is 0 Å². The largest absolute Gasteiger partial charge is 0.478 e. The number of hydrogen-bond donors (Lipinski definition) is 2. The molecule has 0 aliphatic rings. The number of nitrogens with zero attached hydrogens (tertiary/aromatic N) is 2. The zero-order valence-corrected chi connectivity index (χ0v) is 16.0. The second-order valence-corrected chi connectivity index (χ2v) is 6.37. The van der Waals surface area contributed by atoms with Gasteiger partial charge in [-0.25, -0.2) is 4.79 Å². The fourth-order valence-electron chi connectivity index (χ4n) is 1.70. The van der Waals surface area contributed by atoms with Gasteiger partial charge in [0, 0.05) is 11.1 Å². The molecule has 6 nitrogen and oxygen atoms in total. The average molecular weight is 341 g/mol. The Bertz CT molecular complexity index is 416. The molecule has 3 N–H and O–H groups in total. The van der Waals surface area contributed by atoms with Gasteiger partial charge in [0.2, 0.25) is 5.91 Å². The summed E-state index contributed by atoms with van der Waals surface area (Å²) >= 11 is 0. The minimum absolute atomic E-state index is 0.375. The molecule has 0 saturated carbocycles. The highest BCUT2D eigenvalue weighted by Gasteiger charge is 2.00. The summed E-state index contributed by atoms with van der Waals surface area (Å²) in [5, 5.41) is 8.51. The molecule has 0 saturated heterocycles. The molecule has 24 heavy (non-hydrogen) atoms. The molecule has 0 bridgehead atoms. The number of hydrogen-bond acceptors (Lipinski definition) is 4. The quantitative estimate of drug-likeness (QED) is 0.444. The van der Waals surface area contributed by atoms with Crippen molar-refractivity contribution in [3.05, 3.63) is 23.8 Å². The molecular formula is C18H35N3O3. The summed E-state index contributed by atoms with van der Waals surface area (Å²) in [5.41, 5.74) is 6.00. The normalized spacial score (nSPS) is 11.2. The van der Waals surface area contributed by atoms with E-state index in [1.165, 1.54) is 0 Å². The highest BCUT2D eigenvalue weighted by atomic mass is 16.4. The van der Waals surface area contributed by atoms with E-state index < -0.39 is 5.97 Å². The third-order valence-corrected chi connectivity index (χ3v) is 3.28. The summed E-state index contributed by atoms with van der Waals surface area (Å²) < 4.78 is 0. The molecule has 0 fully saturated rings. The van der Waals surface area contributed by atoms with E-state index >= 15 is 0 Å². The highest BCUT2D eigenvalue weighted by molar-refractivity contribution is 5.91. The molecule has 0 spiro atoms. The molecule has 0 unspecified atom stereocenters. The van der Waals surface area contributed by atoms with Crippen molar-refractivity contribution in [3.8, 4) is 0 Å². The first-order valence-electron chi connectivity index (χ1n) is 8.25. The van der Waals surface area contributed by atoms with Crippen LogP contribution in [0.25, 0.3) is 0 Å². The van der Waals surface area contributed by atoms with Crippen molar-refractivity contribution in [2.75, 3.05) is 41.3 Å². The van der Waals surface area contributed by atoms with Crippen molar-refractivity contribution in [1.82, 2.24) is 9.80 Å². The van der Waals surface area contributed by atoms with Crippen LogP contribution in [0.4, 0.5) is 0 Å². The van der Waals surface area contributed by atoms with Gasteiger partial charge in [0.1, 0.15) is 0 Å². The van der Waals surface area contributed by atoms with Crippen LogP contribution in [-0.4, -0.2) is 68.1 Å². The summed E-state index contributed by atoms with van der Waals surface area (Å²) in [4.78, 5) is 25.1. The van der Waals surface area contributed by atoms with Crippen LogP contribution in [0.5, 0.6) is 0 Å². The Morgan fingerprint density at radius 2 is 1.54 bits per heavy atom. The van der Waals surface area contributed by atoms with E-state index in [-0.39, 0.29) is 5.91 Å². The molecule has 0 aromatic heterocycles. The second kappa shape index (κ2) is 14.9. The van der Waals surface area contributed by atoms with Gasteiger partial charge in [-0.2, -0.15) is 0 Å². The first kappa shape index (κ1) is 24.6. The molecule has 140 valence electrons. The number of carbonyl (C=O) groups is 2. The maximum Gasteiger partial charge on any atom is 0.330 e. The number of allylic oxidation sites excluding steroid dienone is 1. The number of amides is 1. The molecule has 0 aromatic rings. The SMILES string of the molecule is C=C(CCCCN(C)C)C(N)=O.CC(=CCCCN(C)C)C(=O)O. The van der Waals surface area contributed by atoms with Gasteiger partial charge in [-0.05, 0) is 80.3 Å². The van der Waals surface area contributed by atoms with Crippen molar-refractivity contribution in [1.29, 1.82) is 0 Å². The summed E-state index contributed by atoms with van der Waals surface area (Å²) in [7, 11) is 8.08. The Morgan fingerprint density at radius 3 is 1.96 bits per heavy atom. The van der Waals surface area contributed by atoms with Gasteiger partial charge in [-0.15, -0.1) is 0 Å². The van der Waals surface area contributed by atoms with E-state index in [0.717, 1.165) is 45.2 Å². The number of nitrogens with two attached hydrogens (primary N) is 1. The fourth-order valence-corrected chi connectivity index (χ4v) is 1.70. The minimum atomic E-state index is -0.820. The van der Waals surface area contributed by atoms with Gasteiger partial charge in [-0.3, -0.25) is 4.79 Å². The second-order valence-electron chi connectivity index (χ2n) is 6.37. The van der Waals surface area contributed by atoms with Crippen LogP contribution in [-0.2, 0) is 9.59 Å². The van der Waals surface area contributed by atoms with Gasteiger partial charge in [-0.1, -0.05) is 12.7 Å². The summed E-state index contributed by atoms with van der Waals surface area (Å²) in [6.07, 6.45) is 6.42. The Morgan fingerprint density at radius 1 is 1.04 bits per heavy atom. The Balaban J connectivity index is 0. The Labute approximate surface area is 147 Å². The fraction of sp³-hybridized carbons (Fsp3) is 0.667. The number of unbranched alkanes of at least 4 members (excludes halogenated alkanes) is 2. The van der Waals surface area contributed by atoms with Crippen LogP contribution < -0.4 is 5.73 Å². The number of carboxylic acid groups (broad SMARTS) is 1. The van der Waals surface area contributed by atoms with Gasteiger partial charge < -0.3 is 20.6 Å². The first-order valence-corrected chi connectivity index (χ1v) is 8.25. The van der Waals surface area contributed by atoms with E-state index in [1.807, 2.05) is 28.2 Å². The lowest BCUT2D eigenvalue weighted by atomic mass is 10.1. The molecule has 0 rings (SSSR count). The molecule has 6 heteroatoms. The van der Waals surface area contributed by atoms with E-state index in [9.17, 15) is 9.59 Å². The van der Waals surface area contributed by atoms with Gasteiger partial charge in [0.15, 0.2) is 0 Å². The van der Waals surface area contributed by atoms with Crippen LogP contribution >= 0.6 is 0 Å². The Hall–Kier alpha value is -1.66. The maximum absolute atomic E-state index is 10.5. The molecule has 1 amide bonds. The van der Waals surface area contributed by atoms with Crippen LogP contribution in [0.2, 0.25) is 0 Å². The summed E-state index contributed by atoms with van der Waals surface area (Å²) in [6, 6.07) is 0. The summed E-state index contributed by atoms with van der Waals surface area (Å²) in [6.45, 7) is 7.26. The molecule has 0 atom stereocenters. The van der Waals surface area contributed by atoms with Crippen molar-refractivity contribution >= 4 is 11.9 Å². The van der Waals surface area contributed by atoms with Crippen molar-refractivity contribution in [2.24, 2.45) is 5.73 Å². The highest BCUT2D eigenvalue weighted by Crippen LogP contribution is 2.04. The molecule has 0 aromatic carbocycles. The predicted octanol–water partition coefficient (Wildman–Crippen LogP) is 2.12. The number of primary amides is 1. The van der Waals surface area contributed by atoms with Crippen LogP contribution in [0, 0.1) is 0 Å². The van der Waals surface area contributed by atoms with Crippen molar-refractivity contribution in [2.45, 2.75) is 39.0 Å². The standard InChI is InChI=1S/C9H18N2O.C9H17NO2/c1-8(9(10)12)6-4-5-7-11(2)3;1-8(9(11)12)6-4-5-7-10(2)3/h1,4-7H2,2-3H3,(H2,10,12);6H,4-5,7H2,1-3H3,(H,11,12). The van der Waals surface area contributed by atoms with Crippen LogP contribution in [0.1, 0.15) is 39.0 Å². The lowest BCUT2D eigenvalue weighted by Crippen LogP contribution is -2.15. The summed E-state index contributed by atoms with van der Waals surface area (Å²) in [5.74, 6) is -1.19. The van der Waals surface area contributed by atoms with Gasteiger partial charge in [0.25, 0.3) is 0 Å². The maximum atomic E-state index is 10.5. The monoisotopic (exact) mass is 341 g/mol. The van der Waals surface area contributed by atoms with Gasteiger partial charge >= 0.3 is 5.97 Å². The van der Waals surface area contributed by atoms with E-state index in [0.29, 0.717) is 11.1 Å². The number of carbonyl (C=O) groups excluding carboxylic acids is 1. The number of carboxylic acids is 1. The van der Waals surface area contributed by atoms with Crippen LogP contribution in [0.3, 0.4) is 0 Å². The zero-order chi connectivity index (χ0) is 19.1. The van der Waals surface area contributed by atoms with E-state index in [2.05, 4.69) is 16.4 Å². The number of aliphatic carboxylic acids is 1. The first-order chi connectivity index (χ1) is 11.1. The predicted molar refractivity (Wildman–Crippen MR) is 99.9 cm³/mol. The van der Waals surface area contributed by atoms with Crippen molar-refractivity contribution < 1.29 is 14.7 Å². The zero-order valence-electron chi connectivity index (χ0n) is 16.0. The molecule has 0 radical (unpaired) electrons. The van der Waals surface area contributed by atoms with E-state index in [4.69, 9.17) is 10.8 Å². The Kier molecular flexibility index (Phi) is 15.3. The molecular weight excluding hydrogens is 306 g/mol. The van der Waals surface area contributed by atoms with E-state index in [1.54, 1.807) is 13.0 Å². The smallest absolute Gasteiger partial charge is 0.330 e. The third kappa shape index (κ3) is 18.4. The molecule has 0 aliphatic heterocycles. The lowest BCUT2D eigenvalue weighted by molar-refractivity contribution is -0.132. The minimum Gasteiger partial charge on any atom is -0.478 e. The van der Waals surface area contributed by atoms with Crippen LogP contribution in [0.15, 0.2) is 23.8 Å².